The van der Waals surface area contributed by atoms with Crippen molar-refractivity contribution in [2.75, 3.05) is 0 Å². The summed E-state index contributed by atoms with van der Waals surface area (Å²) in [5.41, 5.74) is -2.02. The third-order valence-electron chi connectivity index (χ3n) is 3.05. The van der Waals surface area contributed by atoms with Crippen molar-refractivity contribution in [1.29, 1.82) is 0 Å². The summed E-state index contributed by atoms with van der Waals surface area (Å²) in [5, 5.41) is -0.820. The van der Waals surface area contributed by atoms with E-state index in [1.807, 2.05) is 0 Å². The van der Waals surface area contributed by atoms with Crippen LogP contribution in [0.3, 0.4) is 0 Å². The molecule has 0 saturated heterocycles. The van der Waals surface area contributed by atoms with Gasteiger partial charge in [0, 0.05) is 0 Å². The summed E-state index contributed by atoms with van der Waals surface area (Å²) in [5.74, 6) is -0.311. The number of alkyl halides is 6. The Balaban J connectivity index is 2.37. The van der Waals surface area contributed by atoms with Crippen molar-refractivity contribution < 1.29 is 31.1 Å². The molecule has 2 aromatic carbocycles. The van der Waals surface area contributed by atoms with Gasteiger partial charge in [0.05, 0.1) is 21.2 Å². The van der Waals surface area contributed by atoms with Gasteiger partial charge in [0.15, 0.2) is 5.75 Å². The topological polar surface area (TPSA) is 9.23 Å². The Hall–Kier alpha value is -1.60. The van der Waals surface area contributed by atoms with Gasteiger partial charge < -0.3 is 4.74 Å². The van der Waals surface area contributed by atoms with E-state index in [9.17, 15) is 26.3 Å². The van der Waals surface area contributed by atoms with E-state index in [1.165, 1.54) is 6.92 Å². The molecule has 0 aliphatic carbocycles. The largest absolute Gasteiger partial charge is 0.454 e. The van der Waals surface area contributed by atoms with E-state index in [-0.39, 0.29) is 17.1 Å². The summed E-state index contributed by atoms with van der Waals surface area (Å²) < 4.78 is 81.3. The summed E-state index contributed by atoms with van der Waals surface area (Å²) in [7, 11) is 0. The molecule has 0 N–H and O–H groups in total. The lowest BCUT2D eigenvalue weighted by Crippen LogP contribution is -2.07. The number of rotatable bonds is 2. The Kier molecular flexibility index (Phi) is 4.97. The molecule has 0 aromatic heterocycles. The number of hydrogen-bond acceptors (Lipinski definition) is 1. The smallest absolute Gasteiger partial charge is 0.416 e. The minimum Gasteiger partial charge on any atom is -0.454 e. The first-order chi connectivity index (χ1) is 10.9. The summed E-state index contributed by atoms with van der Waals surface area (Å²) >= 11 is 11.5. The predicted octanol–water partition coefficient (Wildman–Crippen LogP) is 7.13. The zero-order chi connectivity index (χ0) is 18.3. The molecule has 0 bridgehead atoms. The van der Waals surface area contributed by atoms with Crippen molar-refractivity contribution in [2.24, 2.45) is 0 Å². The average Bonchev–Trinajstić information content (AvgIpc) is 2.40. The Morgan fingerprint density at radius 1 is 0.833 bits per heavy atom. The lowest BCUT2D eigenvalue weighted by atomic mass is 10.1. The number of benzene rings is 2. The van der Waals surface area contributed by atoms with E-state index in [4.69, 9.17) is 27.9 Å². The van der Waals surface area contributed by atoms with Gasteiger partial charge in [0.2, 0.25) is 0 Å². The lowest BCUT2D eigenvalue weighted by Gasteiger charge is -2.15. The van der Waals surface area contributed by atoms with E-state index in [1.54, 1.807) is 0 Å². The molecular weight excluding hydrogens is 381 g/mol. The van der Waals surface area contributed by atoms with Gasteiger partial charge in [0.1, 0.15) is 5.75 Å². The molecule has 2 rings (SSSR count). The minimum atomic E-state index is -4.64. The van der Waals surface area contributed by atoms with Gasteiger partial charge >= 0.3 is 12.4 Å². The predicted molar refractivity (Wildman–Crippen MR) is 77.7 cm³/mol. The molecule has 0 heterocycles. The van der Waals surface area contributed by atoms with Crippen LogP contribution in [0.4, 0.5) is 26.3 Å². The van der Waals surface area contributed by atoms with Crippen molar-refractivity contribution in [2.45, 2.75) is 19.3 Å². The highest BCUT2D eigenvalue weighted by Gasteiger charge is 2.33. The molecule has 0 spiro atoms. The number of hydrogen-bond donors (Lipinski definition) is 0. The molecule has 1 nitrogen and oxygen atoms in total. The van der Waals surface area contributed by atoms with Crippen LogP contribution >= 0.6 is 23.2 Å². The van der Waals surface area contributed by atoms with Gasteiger partial charge in [-0.3, -0.25) is 0 Å². The van der Waals surface area contributed by atoms with Gasteiger partial charge in [0.25, 0.3) is 0 Å². The van der Waals surface area contributed by atoms with Crippen LogP contribution in [0.2, 0.25) is 10.0 Å². The van der Waals surface area contributed by atoms with Crippen LogP contribution in [0.1, 0.15) is 16.7 Å². The van der Waals surface area contributed by atoms with Crippen molar-refractivity contribution in [3.05, 3.63) is 57.1 Å². The highest BCUT2D eigenvalue weighted by molar-refractivity contribution is 6.37. The second kappa shape index (κ2) is 6.37. The Morgan fingerprint density at radius 2 is 1.38 bits per heavy atom. The van der Waals surface area contributed by atoms with Crippen LogP contribution in [0.5, 0.6) is 11.5 Å². The summed E-state index contributed by atoms with van der Waals surface area (Å²) in [4.78, 5) is 0. The number of halogens is 8. The molecule has 0 aliphatic rings. The summed E-state index contributed by atoms with van der Waals surface area (Å²) in [6.07, 6.45) is -9.16. The van der Waals surface area contributed by atoms with Gasteiger partial charge in [-0.05, 0) is 42.8 Å². The van der Waals surface area contributed by atoms with Crippen molar-refractivity contribution in [3.8, 4) is 11.5 Å². The molecule has 0 unspecified atom stereocenters. The highest BCUT2D eigenvalue weighted by Crippen LogP contribution is 2.42. The molecule has 9 heteroatoms. The highest BCUT2D eigenvalue weighted by atomic mass is 35.5. The van der Waals surface area contributed by atoms with Crippen LogP contribution in [0.25, 0.3) is 0 Å². The molecule has 0 atom stereocenters. The third kappa shape index (κ3) is 4.08. The molecule has 2 aromatic rings. The van der Waals surface area contributed by atoms with Crippen molar-refractivity contribution >= 4 is 23.2 Å². The van der Waals surface area contributed by atoms with Gasteiger partial charge in [-0.2, -0.15) is 26.3 Å². The van der Waals surface area contributed by atoms with Gasteiger partial charge in [-0.15, -0.1) is 0 Å². The zero-order valence-electron chi connectivity index (χ0n) is 11.8. The fraction of sp³-hybridized carbons (Fsp3) is 0.200. The molecule has 0 amide bonds. The first-order valence-electron chi connectivity index (χ1n) is 6.31. The van der Waals surface area contributed by atoms with Crippen LogP contribution in [0.15, 0.2) is 30.3 Å². The van der Waals surface area contributed by atoms with E-state index < -0.39 is 33.5 Å². The first kappa shape index (κ1) is 18.7. The SMILES string of the molecule is Cc1cc(Oc2c(Cl)cc(C(F)(F)F)cc2Cl)ccc1C(F)(F)F. The maximum Gasteiger partial charge on any atom is 0.416 e. The van der Waals surface area contributed by atoms with Gasteiger partial charge in [-0.25, -0.2) is 0 Å². The van der Waals surface area contributed by atoms with Crippen LogP contribution in [-0.4, -0.2) is 0 Å². The quantitative estimate of drug-likeness (QED) is 0.497. The van der Waals surface area contributed by atoms with Crippen molar-refractivity contribution in [1.82, 2.24) is 0 Å². The second-order valence-corrected chi connectivity index (χ2v) is 5.66. The molecule has 130 valence electrons. The van der Waals surface area contributed by atoms with Crippen LogP contribution in [-0.2, 0) is 12.4 Å². The number of aryl methyl sites for hydroxylation is 1. The van der Waals surface area contributed by atoms with Gasteiger partial charge in [-0.1, -0.05) is 23.2 Å². The van der Waals surface area contributed by atoms with E-state index >= 15 is 0 Å². The monoisotopic (exact) mass is 388 g/mol. The molecule has 0 aliphatic heterocycles. The molecule has 0 fully saturated rings. The van der Waals surface area contributed by atoms with E-state index in [2.05, 4.69) is 0 Å². The normalized spacial score (nSPS) is 12.4. The molecule has 0 radical (unpaired) electrons. The zero-order valence-corrected chi connectivity index (χ0v) is 13.3. The Labute approximate surface area is 142 Å². The Morgan fingerprint density at radius 3 is 1.79 bits per heavy atom. The standard InChI is InChI=1S/C15H8Cl2F6O/c1-7-4-9(2-3-10(7)15(21,22)23)24-13-11(16)5-8(6-12(13)17)14(18,19)20/h2-6H,1H3. The average molecular weight is 389 g/mol. The van der Waals surface area contributed by atoms with Crippen molar-refractivity contribution in [3.63, 3.8) is 0 Å². The molecule has 24 heavy (non-hydrogen) atoms. The van der Waals surface area contributed by atoms with Crippen LogP contribution < -0.4 is 4.74 Å². The minimum absolute atomic E-state index is 0.0379. The number of ether oxygens (including phenoxy) is 1. The summed E-state index contributed by atoms with van der Waals surface area (Å²) in [6.45, 7) is 1.23. The first-order valence-corrected chi connectivity index (χ1v) is 7.07. The molecular formula is C15H8Cl2F6O. The fourth-order valence-electron chi connectivity index (χ4n) is 1.96. The lowest BCUT2D eigenvalue weighted by molar-refractivity contribution is -0.138. The maximum atomic E-state index is 12.7. The second-order valence-electron chi connectivity index (χ2n) is 4.84. The Bertz CT molecular complexity index is 745. The fourth-order valence-corrected chi connectivity index (χ4v) is 2.52. The van der Waals surface area contributed by atoms with E-state index in [0.717, 1.165) is 18.2 Å². The maximum absolute atomic E-state index is 12.7. The van der Waals surface area contributed by atoms with Crippen LogP contribution in [0, 0.1) is 6.92 Å². The third-order valence-corrected chi connectivity index (χ3v) is 3.61. The molecule has 0 saturated carbocycles. The van der Waals surface area contributed by atoms with E-state index in [0.29, 0.717) is 12.1 Å². The summed E-state index contributed by atoms with van der Waals surface area (Å²) in [6, 6.07) is 4.17.